The maximum Gasteiger partial charge on any atom is 0.222 e. The topological polar surface area (TPSA) is 85.3 Å². The molecule has 1 saturated carbocycles. The molecular formula is C25H32N6O2. The highest BCUT2D eigenvalue weighted by Gasteiger charge is 2.24. The van der Waals surface area contributed by atoms with E-state index >= 15 is 0 Å². The van der Waals surface area contributed by atoms with Gasteiger partial charge in [-0.15, -0.1) is 0 Å². The molecule has 3 aromatic rings. The Bertz CT molecular complexity index is 1060. The van der Waals surface area contributed by atoms with E-state index in [-0.39, 0.29) is 6.10 Å². The minimum Gasteiger partial charge on any atom is -0.488 e. The molecule has 5 rings (SSSR count). The summed E-state index contributed by atoms with van der Waals surface area (Å²) < 4.78 is 12.0. The lowest BCUT2D eigenvalue weighted by atomic mass is 9.93. The Kier molecular flexibility index (Phi) is 6.53. The molecule has 3 heterocycles. The molecule has 8 nitrogen and oxygen atoms in total. The van der Waals surface area contributed by atoms with Crippen LogP contribution in [-0.4, -0.2) is 58.4 Å². The first-order valence-electron chi connectivity index (χ1n) is 12.0. The monoisotopic (exact) mass is 448 g/mol. The minimum absolute atomic E-state index is 0.164. The predicted octanol–water partition coefficient (Wildman–Crippen LogP) is 4.18. The highest BCUT2D eigenvalue weighted by Crippen LogP contribution is 2.33. The average Bonchev–Trinajstić information content (AvgIpc) is 2.86. The largest absolute Gasteiger partial charge is 0.488 e. The van der Waals surface area contributed by atoms with Gasteiger partial charge in [0.2, 0.25) is 5.95 Å². The maximum atomic E-state index is 6.52. The van der Waals surface area contributed by atoms with Gasteiger partial charge in [-0.1, -0.05) is 13.8 Å². The highest BCUT2D eigenvalue weighted by atomic mass is 16.5. The Hall–Kier alpha value is -3.00. The van der Waals surface area contributed by atoms with Crippen molar-refractivity contribution in [2.24, 2.45) is 0 Å². The summed E-state index contributed by atoms with van der Waals surface area (Å²) in [6, 6.07) is 4.59. The van der Waals surface area contributed by atoms with E-state index in [4.69, 9.17) is 9.47 Å². The van der Waals surface area contributed by atoms with Crippen molar-refractivity contribution in [3.8, 4) is 5.75 Å². The first kappa shape index (κ1) is 21.8. The van der Waals surface area contributed by atoms with E-state index in [1.165, 1.54) is 0 Å². The molecule has 0 radical (unpaired) electrons. The molecule has 0 amide bonds. The fourth-order valence-electron chi connectivity index (χ4n) is 4.52. The van der Waals surface area contributed by atoms with Gasteiger partial charge in [-0.3, -0.25) is 4.98 Å². The van der Waals surface area contributed by atoms with Gasteiger partial charge in [0.05, 0.1) is 24.8 Å². The van der Waals surface area contributed by atoms with E-state index in [0.29, 0.717) is 17.9 Å². The summed E-state index contributed by atoms with van der Waals surface area (Å²) in [6.45, 7) is 7.55. The van der Waals surface area contributed by atoms with Crippen LogP contribution in [0, 0.1) is 0 Å². The molecule has 1 aromatic carbocycles. The summed E-state index contributed by atoms with van der Waals surface area (Å²) in [5.74, 6) is 1.98. The third-order valence-corrected chi connectivity index (χ3v) is 6.54. The van der Waals surface area contributed by atoms with E-state index in [9.17, 15) is 0 Å². The van der Waals surface area contributed by atoms with Crippen LogP contribution >= 0.6 is 0 Å². The van der Waals surface area contributed by atoms with Crippen molar-refractivity contribution < 1.29 is 9.47 Å². The number of morpholine rings is 1. The van der Waals surface area contributed by atoms with Gasteiger partial charge in [-0.25, -0.2) is 15.0 Å². The number of benzene rings is 1. The van der Waals surface area contributed by atoms with Crippen LogP contribution in [0.5, 0.6) is 5.75 Å². The molecule has 1 aliphatic carbocycles. The maximum absolute atomic E-state index is 6.52. The number of fused-ring (bicyclic) bond motifs is 1. The van der Waals surface area contributed by atoms with E-state index in [0.717, 1.165) is 80.0 Å². The summed E-state index contributed by atoms with van der Waals surface area (Å²) >= 11 is 0. The lowest BCUT2D eigenvalue weighted by Gasteiger charge is -2.31. The van der Waals surface area contributed by atoms with Crippen molar-refractivity contribution in [3.63, 3.8) is 0 Å². The second kappa shape index (κ2) is 9.87. The summed E-state index contributed by atoms with van der Waals surface area (Å²) in [5, 5.41) is 3.49. The molecule has 0 spiro atoms. The van der Waals surface area contributed by atoms with Crippen LogP contribution in [0.1, 0.15) is 51.0 Å². The SMILES string of the molecule is CC(C)c1cnc(NC2CCC(Oc3cc(N4CCOCC4)cc4nccnc34)CC2)nc1. The van der Waals surface area contributed by atoms with Crippen LogP contribution in [0.25, 0.3) is 11.0 Å². The molecule has 2 aliphatic rings. The molecule has 0 unspecified atom stereocenters. The van der Waals surface area contributed by atoms with Crippen molar-refractivity contribution >= 4 is 22.7 Å². The van der Waals surface area contributed by atoms with Crippen LogP contribution in [0.3, 0.4) is 0 Å². The fraction of sp³-hybridized carbons (Fsp3) is 0.520. The number of rotatable bonds is 6. The zero-order chi connectivity index (χ0) is 22.6. The van der Waals surface area contributed by atoms with Crippen molar-refractivity contribution in [2.75, 3.05) is 36.5 Å². The summed E-state index contributed by atoms with van der Waals surface area (Å²) in [4.78, 5) is 20.4. The summed E-state index contributed by atoms with van der Waals surface area (Å²) in [7, 11) is 0. The minimum atomic E-state index is 0.164. The number of ether oxygens (including phenoxy) is 2. The van der Waals surface area contributed by atoms with Gasteiger partial charge in [-0.05, 0) is 43.2 Å². The van der Waals surface area contributed by atoms with Crippen LogP contribution in [-0.2, 0) is 4.74 Å². The third kappa shape index (κ3) is 5.16. The van der Waals surface area contributed by atoms with Gasteiger partial charge in [0.15, 0.2) is 0 Å². The fourth-order valence-corrected chi connectivity index (χ4v) is 4.52. The summed E-state index contributed by atoms with van der Waals surface area (Å²) in [5.41, 5.74) is 3.98. The number of nitrogens with one attached hydrogen (secondary N) is 1. The number of anilines is 2. The third-order valence-electron chi connectivity index (χ3n) is 6.54. The van der Waals surface area contributed by atoms with Crippen LogP contribution in [0.2, 0.25) is 0 Å². The zero-order valence-corrected chi connectivity index (χ0v) is 19.4. The molecule has 1 aliphatic heterocycles. The first-order chi connectivity index (χ1) is 16.2. The van der Waals surface area contributed by atoms with E-state index in [1.54, 1.807) is 12.4 Å². The van der Waals surface area contributed by atoms with Gasteiger partial charge in [-0.2, -0.15) is 0 Å². The molecule has 0 atom stereocenters. The molecule has 0 bridgehead atoms. The Balaban J connectivity index is 1.24. The molecule has 2 aromatic heterocycles. The second-order valence-electron chi connectivity index (χ2n) is 9.20. The van der Waals surface area contributed by atoms with Crippen LogP contribution in [0.15, 0.2) is 36.9 Å². The number of hydrogen-bond acceptors (Lipinski definition) is 8. The molecule has 8 heteroatoms. The highest BCUT2D eigenvalue weighted by molar-refractivity contribution is 5.85. The van der Waals surface area contributed by atoms with E-state index < -0.39 is 0 Å². The average molecular weight is 449 g/mol. The Labute approximate surface area is 194 Å². The lowest BCUT2D eigenvalue weighted by Crippen LogP contribution is -2.36. The van der Waals surface area contributed by atoms with Crippen molar-refractivity contribution in [1.82, 2.24) is 19.9 Å². The zero-order valence-electron chi connectivity index (χ0n) is 19.4. The van der Waals surface area contributed by atoms with Gasteiger partial charge in [0.25, 0.3) is 0 Å². The first-order valence-corrected chi connectivity index (χ1v) is 12.0. The summed E-state index contributed by atoms with van der Waals surface area (Å²) in [6.07, 6.45) is 11.5. The smallest absolute Gasteiger partial charge is 0.222 e. The molecule has 1 N–H and O–H groups in total. The van der Waals surface area contributed by atoms with Gasteiger partial charge >= 0.3 is 0 Å². The lowest BCUT2D eigenvalue weighted by molar-refractivity contribution is 0.122. The number of hydrogen-bond donors (Lipinski definition) is 1. The van der Waals surface area contributed by atoms with E-state index in [1.807, 2.05) is 12.4 Å². The van der Waals surface area contributed by atoms with Gasteiger partial charge in [0.1, 0.15) is 11.3 Å². The number of aromatic nitrogens is 4. The Morgan fingerprint density at radius 1 is 0.970 bits per heavy atom. The van der Waals surface area contributed by atoms with Crippen molar-refractivity contribution in [1.29, 1.82) is 0 Å². The molecule has 174 valence electrons. The second-order valence-corrected chi connectivity index (χ2v) is 9.20. The Morgan fingerprint density at radius 2 is 1.70 bits per heavy atom. The van der Waals surface area contributed by atoms with Gasteiger partial charge < -0.3 is 19.7 Å². The molecule has 1 saturated heterocycles. The van der Waals surface area contributed by atoms with E-state index in [2.05, 4.69) is 56.1 Å². The number of nitrogens with zero attached hydrogens (tertiary/aromatic N) is 5. The normalized spacial score (nSPS) is 21.4. The molecule has 2 fully saturated rings. The molecular weight excluding hydrogens is 416 g/mol. The predicted molar refractivity (Wildman–Crippen MR) is 129 cm³/mol. The van der Waals surface area contributed by atoms with Crippen molar-refractivity contribution in [3.05, 3.63) is 42.5 Å². The van der Waals surface area contributed by atoms with Crippen LogP contribution < -0.4 is 15.0 Å². The quantitative estimate of drug-likeness (QED) is 0.601. The molecule has 33 heavy (non-hydrogen) atoms. The van der Waals surface area contributed by atoms with Gasteiger partial charge in [0, 0.05) is 55.7 Å². The standard InChI is InChI=1S/C25H32N6O2/c1-17(2)18-15-28-25(29-16-18)30-19-3-5-21(6-4-19)33-23-14-20(31-9-11-32-12-10-31)13-22-24(23)27-8-7-26-22/h7-8,13-17,19,21H,3-6,9-12H2,1-2H3,(H,28,29,30). The Morgan fingerprint density at radius 3 is 2.42 bits per heavy atom. The van der Waals surface area contributed by atoms with Crippen molar-refractivity contribution in [2.45, 2.75) is 57.6 Å². The van der Waals surface area contributed by atoms with Crippen LogP contribution in [0.4, 0.5) is 11.6 Å².